The highest BCUT2D eigenvalue weighted by Crippen LogP contribution is 2.18. The Labute approximate surface area is 188 Å². The van der Waals surface area contributed by atoms with Crippen molar-refractivity contribution in [2.75, 3.05) is 38.1 Å². The van der Waals surface area contributed by atoms with Gasteiger partial charge in [0.05, 0.1) is 11.3 Å². The summed E-state index contributed by atoms with van der Waals surface area (Å²) < 4.78 is 11.0. The Bertz CT molecular complexity index is 1040. The van der Waals surface area contributed by atoms with Crippen LogP contribution in [0.4, 0.5) is 5.82 Å². The monoisotopic (exact) mass is 435 g/mol. The number of hydrogen-bond donors (Lipinski definition) is 1. The van der Waals surface area contributed by atoms with Crippen LogP contribution in [0.2, 0.25) is 0 Å². The number of amides is 1. The van der Waals surface area contributed by atoms with Crippen LogP contribution in [0.5, 0.6) is 5.75 Å². The second-order valence-corrected chi connectivity index (χ2v) is 8.11. The number of aromatic nitrogens is 2. The number of benzene rings is 1. The predicted octanol–water partition coefficient (Wildman–Crippen LogP) is 2.95. The number of rotatable bonds is 7. The van der Waals surface area contributed by atoms with Gasteiger partial charge in [-0.1, -0.05) is 5.16 Å². The van der Waals surface area contributed by atoms with Crippen LogP contribution in [0, 0.1) is 13.8 Å². The Kier molecular flexibility index (Phi) is 6.70. The van der Waals surface area contributed by atoms with E-state index < -0.39 is 0 Å². The third kappa shape index (κ3) is 5.26. The lowest BCUT2D eigenvalue weighted by Crippen LogP contribution is -2.44. The summed E-state index contributed by atoms with van der Waals surface area (Å²) in [7, 11) is 2.13. The summed E-state index contributed by atoms with van der Waals surface area (Å²) in [6, 6.07) is 11.1. The second kappa shape index (κ2) is 9.82. The molecule has 8 heteroatoms. The molecule has 1 amide bonds. The molecule has 0 aliphatic carbocycles. The highest BCUT2D eigenvalue weighted by molar-refractivity contribution is 5.94. The zero-order valence-corrected chi connectivity index (χ0v) is 18.8. The molecule has 0 radical (unpaired) electrons. The van der Waals surface area contributed by atoms with E-state index in [0.717, 1.165) is 54.6 Å². The van der Waals surface area contributed by atoms with Crippen molar-refractivity contribution in [3.05, 3.63) is 70.7 Å². The number of pyridine rings is 1. The van der Waals surface area contributed by atoms with Gasteiger partial charge in [-0.3, -0.25) is 4.79 Å². The molecule has 1 fully saturated rings. The lowest BCUT2D eigenvalue weighted by molar-refractivity contribution is 0.0951. The molecular weight excluding hydrogens is 406 g/mol. The topological polar surface area (TPSA) is 83.7 Å². The van der Waals surface area contributed by atoms with E-state index in [1.165, 1.54) is 0 Å². The van der Waals surface area contributed by atoms with Gasteiger partial charge in [-0.2, -0.15) is 0 Å². The Hall–Kier alpha value is -3.39. The quantitative estimate of drug-likeness (QED) is 0.611. The number of nitrogens with one attached hydrogen (secondary N) is 1. The molecule has 8 nitrogen and oxygen atoms in total. The zero-order chi connectivity index (χ0) is 22.5. The van der Waals surface area contributed by atoms with Gasteiger partial charge in [0, 0.05) is 44.5 Å². The van der Waals surface area contributed by atoms with Crippen molar-refractivity contribution in [2.24, 2.45) is 0 Å². The van der Waals surface area contributed by atoms with Crippen LogP contribution in [-0.4, -0.2) is 54.2 Å². The summed E-state index contributed by atoms with van der Waals surface area (Å²) >= 11 is 0. The van der Waals surface area contributed by atoms with Gasteiger partial charge in [-0.25, -0.2) is 4.98 Å². The molecule has 1 aromatic carbocycles. The van der Waals surface area contributed by atoms with Gasteiger partial charge in [-0.15, -0.1) is 0 Å². The number of ether oxygens (including phenoxy) is 1. The van der Waals surface area contributed by atoms with E-state index in [1.54, 1.807) is 30.5 Å². The van der Waals surface area contributed by atoms with Crippen LogP contribution >= 0.6 is 0 Å². The van der Waals surface area contributed by atoms with Crippen molar-refractivity contribution >= 4 is 11.7 Å². The first-order chi connectivity index (χ1) is 15.5. The summed E-state index contributed by atoms with van der Waals surface area (Å²) in [4.78, 5) is 21.7. The minimum Gasteiger partial charge on any atom is -0.489 e. The molecular formula is C24H29N5O3. The van der Waals surface area contributed by atoms with Crippen molar-refractivity contribution < 1.29 is 14.1 Å². The van der Waals surface area contributed by atoms with Crippen molar-refractivity contribution in [3.63, 3.8) is 0 Å². The molecule has 0 unspecified atom stereocenters. The molecule has 0 saturated carbocycles. The normalized spacial score (nSPS) is 14.4. The first-order valence-electron chi connectivity index (χ1n) is 10.8. The van der Waals surface area contributed by atoms with Crippen molar-refractivity contribution in [1.82, 2.24) is 20.4 Å². The lowest BCUT2D eigenvalue weighted by Gasteiger charge is -2.33. The Morgan fingerprint density at radius 1 is 1.12 bits per heavy atom. The highest BCUT2D eigenvalue weighted by atomic mass is 16.5. The minimum atomic E-state index is -0.125. The van der Waals surface area contributed by atoms with Gasteiger partial charge >= 0.3 is 0 Å². The lowest BCUT2D eigenvalue weighted by atomic mass is 10.2. The van der Waals surface area contributed by atoms with E-state index in [9.17, 15) is 4.79 Å². The molecule has 1 aliphatic heterocycles. The van der Waals surface area contributed by atoms with Gasteiger partial charge in [0.2, 0.25) is 0 Å². The van der Waals surface area contributed by atoms with Gasteiger partial charge in [0.15, 0.2) is 0 Å². The van der Waals surface area contributed by atoms with Gasteiger partial charge in [-0.05, 0) is 62.9 Å². The summed E-state index contributed by atoms with van der Waals surface area (Å²) in [5.74, 6) is 2.28. The summed E-state index contributed by atoms with van der Waals surface area (Å²) in [5.41, 5.74) is 3.38. The smallest absolute Gasteiger partial charge is 0.251 e. The van der Waals surface area contributed by atoms with Crippen LogP contribution in [0.1, 0.15) is 32.9 Å². The maximum Gasteiger partial charge on any atom is 0.251 e. The van der Waals surface area contributed by atoms with Gasteiger partial charge < -0.3 is 24.4 Å². The van der Waals surface area contributed by atoms with Crippen LogP contribution in [0.15, 0.2) is 47.1 Å². The van der Waals surface area contributed by atoms with E-state index in [-0.39, 0.29) is 5.91 Å². The largest absolute Gasteiger partial charge is 0.489 e. The molecule has 32 heavy (non-hydrogen) atoms. The molecule has 2 aromatic heterocycles. The van der Waals surface area contributed by atoms with Crippen molar-refractivity contribution in [3.8, 4) is 5.75 Å². The van der Waals surface area contributed by atoms with E-state index in [4.69, 9.17) is 9.26 Å². The van der Waals surface area contributed by atoms with E-state index >= 15 is 0 Å². The maximum atomic E-state index is 12.6. The van der Waals surface area contributed by atoms with Crippen LogP contribution < -0.4 is 15.0 Å². The molecule has 0 bridgehead atoms. The molecule has 168 valence electrons. The molecule has 1 aliphatic rings. The Morgan fingerprint density at radius 3 is 2.56 bits per heavy atom. The van der Waals surface area contributed by atoms with Crippen molar-refractivity contribution in [2.45, 2.75) is 27.0 Å². The van der Waals surface area contributed by atoms with Crippen LogP contribution in [0.3, 0.4) is 0 Å². The number of hydrogen-bond acceptors (Lipinski definition) is 7. The molecule has 1 N–H and O–H groups in total. The third-order valence-electron chi connectivity index (χ3n) is 5.77. The summed E-state index contributed by atoms with van der Waals surface area (Å²) in [6.45, 7) is 8.56. The van der Waals surface area contributed by atoms with Crippen molar-refractivity contribution in [1.29, 1.82) is 0 Å². The SMILES string of the molecule is Cc1noc(C)c1COc1ccc(C(=O)NCc2ccnc(N3CCN(C)CC3)c2)cc1. The number of piperazine rings is 1. The van der Waals surface area contributed by atoms with E-state index in [1.807, 2.05) is 19.9 Å². The standard InChI is InChI=1S/C24H29N5O3/c1-17-22(18(2)32-27-17)16-31-21-6-4-20(5-7-21)24(30)26-15-19-8-9-25-23(14-19)29-12-10-28(3)11-13-29/h4-9,14H,10-13,15-16H2,1-3H3,(H,26,30). The van der Waals surface area contributed by atoms with E-state index in [2.05, 4.69) is 38.4 Å². The molecule has 3 aromatic rings. The molecule has 1 saturated heterocycles. The first-order valence-corrected chi connectivity index (χ1v) is 10.8. The number of anilines is 1. The van der Waals surface area contributed by atoms with Crippen LogP contribution in [-0.2, 0) is 13.2 Å². The average Bonchev–Trinajstić information content (AvgIpc) is 3.14. The minimum absolute atomic E-state index is 0.125. The van der Waals surface area contributed by atoms with Gasteiger partial charge in [0.1, 0.15) is 23.9 Å². The fraction of sp³-hybridized carbons (Fsp3) is 0.375. The average molecular weight is 436 g/mol. The Morgan fingerprint density at radius 2 is 1.88 bits per heavy atom. The number of nitrogens with zero attached hydrogens (tertiary/aromatic N) is 4. The fourth-order valence-corrected chi connectivity index (χ4v) is 3.63. The Balaban J connectivity index is 1.30. The molecule has 4 rings (SSSR count). The molecule has 0 atom stereocenters. The highest BCUT2D eigenvalue weighted by Gasteiger charge is 2.16. The summed E-state index contributed by atoms with van der Waals surface area (Å²) in [6.07, 6.45) is 1.81. The van der Waals surface area contributed by atoms with E-state index in [0.29, 0.717) is 24.5 Å². The van der Waals surface area contributed by atoms with Gasteiger partial charge in [0.25, 0.3) is 5.91 Å². The second-order valence-electron chi connectivity index (χ2n) is 8.11. The fourth-order valence-electron chi connectivity index (χ4n) is 3.63. The summed E-state index contributed by atoms with van der Waals surface area (Å²) in [5, 5.41) is 6.92. The number of aryl methyl sites for hydroxylation is 2. The number of likely N-dealkylation sites (N-methyl/N-ethyl adjacent to an activating group) is 1. The number of carbonyl (C=O) groups is 1. The number of carbonyl (C=O) groups excluding carboxylic acids is 1. The first kappa shape index (κ1) is 21.8. The zero-order valence-electron chi connectivity index (χ0n) is 18.8. The predicted molar refractivity (Wildman–Crippen MR) is 122 cm³/mol. The molecule has 0 spiro atoms. The molecule has 3 heterocycles. The third-order valence-corrected chi connectivity index (χ3v) is 5.77. The maximum absolute atomic E-state index is 12.6. The van der Waals surface area contributed by atoms with Crippen LogP contribution in [0.25, 0.3) is 0 Å².